The van der Waals surface area contributed by atoms with E-state index in [1.807, 2.05) is 65.6 Å². The van der Waals surface area contributed by atoms with E-state index in [4.69, 9.17) is 9.47 Å². The molecular weight excluding hydrogens is 468 g/mol. The van der Waals surface area contributed by atoms with Crippen molar-refractivity contribution in [2.24, 2.45) is 14.1 Å². The first-order valence-electron chi connectivity index (χ1n) is 11.8. The molecule has 0 spiro atoms. The SMILES string of the molecule is COc1ccc(/C(c2c3ccccc3c3n(C)nnn23)=c2/c3ccccc3c3n2nn[n+]3C)c(OC)c1. The lowest BCUT2D eigenvalue weighted by atomic mass is 9.97. The van der Waals surface area contributed by atoms with E-state index in [1.165, 1.54) is 0 Å². The number of ether oxygens (including phenoxy) is 2. The van der Waals surface area contributed by atoms with Gasteiger partial charge in [0.25, 0.3) is 5.65 Å². The van der Waals surface area contributed by atoms with Gasteiger partial charge in [0.15, 0.2) is 16.2 Å². The second kappa shape index (κ2) is 7.76. The van der Waals surface area contributed by atoms with Crippen molar-refractivity contribution in [2.45, 2.75) is 0 Å². The van der Waals surface area contributed by atoms with Crippen LogP contribution in [-0.2, 0) is 14.1 Å². The third-order valence-electron chi connectivity index (χ3n) is 6.96. The molecule has 182 valence electrons. The molecule has 3 aromatic carbocycles. The van der Waals surface area contributed by atoms with Gasteiger partial charge in [0, 0.05) is 34.8 Å². The highest BCUT2D eigenvalue weighted by atomic mass is 16.5. The maximum absolute atomic E-state index is 5.92. The Morgan fingerprint density at radius 2 is 1.51 bits per heavy atom. The maximum atomic E-state index is 5.92. The van der Waals surface area contributed by atoms with Crippen LogP contribution in [0.15, 0.2) is 66.7 Å². The lowest BCUT2D eigenvalue weighted by Gasteiger charge is -2.13. The van der Waals surface area contributed by atoms with E-state index in [0.717, 1.165) is 55.0 Å². The molecule has 4 aromatic heterocycles. The maximum Gasteiger partial charge on any atom is 0.295 e. The Morgan fingerprint density at radius 1 is 0.784 bits per heavy atom. The summed E-state index contributed by atoms with van der Waals surface area (Å²) in [5, 5.41) is 22.9. The molecule has 0 aliphatic rings. The summed E-state index contributed by atoms with van der Waals surface area (Å²) >= 11 is 0. The number of methoxy groups -OCH3 is 2. The molecule has 0 amide bonds. The van der Waals surface area contributed by atoms with Gasteiger partial charge in [-0.1, -0.05) is 42.5 Å². The van der Waals surface area contributed by atoms with E-state index in [2.05, 4.69) is 45.1 Å². The number of aryl methyl sites for hydroxylation is 2. The first-order chi connectivity index (χ1) is 18.1. The molecule has 10 heteroatoms. The van der Waals surface area contributed by atoms with Crippen LogP contribution in [0.5, 0.6) is 11.5 Å². The van der Waals surface area contributed by atoms with Crippen molar-refractivity contribution in [3.05, 3.63) is 83.3 Å². The number of rotatable bonds is 4. The number of aromatic nitrogens is 8. The van der Waals surface area contributed by atoms with Crippen molar-refractivity contribution in [3.8, 4) is 11.5 Å². The van der Waals surface area contributed by atoms with Crippen LogP contribution in [0.2, 0.25) is 0 Å². The van der Waals surface area contributed by atoms with Gasteiger partial charge in [-0.2, -0.15) is 4.52 Å². The standard InChI is InChI=1S/C27H23N8O2/c1-32-26-19-11-7-5-9-17(19)24(34(26)30-28-32)23(21-14-13-16(36-3)15-22(21)37-4)25-18-10-6-8-12-20(18)27-33(2)29-31-35(25)27/h5-15H,1-4H3/q+1. The summed E-state index contributed by atoms with van der Waals surface area (Å²) < 4.78 is 18.8. The fourth-order valence-electron chi connectivity index (χ4n) is 5.37. The van der Waals surface area contributed by atoms with Crippen molar-refractivity contribution in [1.82, 2.24) is 34.6 Å². The van der Waals surface area contributed by atoms with Crippen molar-refractivity contribution < 1.29 is 14.2 Å². The monoisotopic (exact) mass is 491 g/mol. The molecule has 0 atom stereocenters. The van der Waals surface area contributed by atoms with E-state index in [9.17, 15) is 0 Å². The van der Waals surface area contributed by atoms with Crippen LogP contribution in [0.4, 0.5) is 0 Å². The van der Waals surface area contributed by atoms with Crippen LogP contribution in [0.25, 0.3) is 38.4 Å². The Labute approximate surface area is 210 Å². The Morgan fingerprint density at radius 3 is 2.27 bits per heavy atom. The molecule has 0 saturated carbocycles. The van der Waals surface area contributed by atoms with Crippen LogP contribution >= 0.6 is 0 Å². The summed E-state index contributed by atoms with van der Waals surface area (Å²) in [6.45, 7) is 0. The summed E-state index contributed by atoms with van der Waals surface area (Å²) in [6.07, 6.45) is 0. The van der Waals surface area contributed by atoms with Gasteiger partial charge < -0.3 is 9.47 Å². The van der Waals surface area contributed by atoms with Crippen LogP contribution < -0.4 is 19.5 Å². The number of hydrogen-bond acceptors (Lipinski definition) is 6. The molecule has 0 unspecified atom stereocenters. The summed E-state index contributed by atoms with van der Waals surface area (Å²) in [4.78, 5) is 0. The normalized spacial score (nSPS) is 12.8. The zero-order valence-electron chi connectivity index (χ0n) is 20.7. The van der Waals surface area contributed by atoms with Gasteiger partial charge >= 0.3 is 0 Å². The lowest BCUT2D eigenvalue weighted by molar-refractivity contribution is -0.706. The highest BCUT2D eigenvalue weighted by molar-refractivity contribution is 6.07. The Bertz CT molecular complexity index is 2050. The van der Waals surface area contributed by atoms with Gasteiger partial charge in [-0.3, -0.25) is 0 Å². The quantitative estimate of drug-likeness (QED) is 0.351. The molecule has 7 aromatic rings. The summed E-state index contributed by atoms with van der Waals surface area (Å²) in [6, 6.07) is 22.4. The number of fused-ring (bicyclic) bond motifs is 6. The van der Waals surface area contributed by atoms with Crippen LogP contribution in [0, 0.1) is 0 Å². The number of nitrogens with zero attached hydrogens (tertiary/aromatic N) is 8. The zero-order valence-corrected chi connectivity index (χ0v) is 20.7. The van der Waals surface area contributed by atoms with Gasteiger partial charge in [-0.25, -0.2) is 4.68 Å². The van der Waals surface area contributed by atoms with Crippen molar-refractivity contribution >= 4 is 38.4 Å². The average molecular weight is 492 g/mol. The summed E-state index contributed by atoms with van der Waals surface area (Å²) in [7, 11) is 7.12. The molecule has 0 N–H and O–H groups in total. The van der Waals surface area contributed by atoms with E-state index in [0.29, 0.717) is 11.5 Å². The van der Waals surface area contributed by atoms with E-state index in [1.54, 1.807) is 23.6 Å². The predicted octanol–water partition coefficient (Wildman–Crippen LogP) is 2.22. The zero-order chi connectivity index (χ0) is 25.3. The van der Waals surface area contributed by atoms with Crippen molar-refractivity contribution in [3.63, 3.8) is 0 Å². The molecule has 7 rings (SSSR count). The minimum atomic E-state index is 0.667. The molecule has 0 aliphatic carbocycles. The molecule has 0 saturated heterocycles. The third kappa shape index (κ3) is 2.83. The molecule has 0 bridgehead atoms. The highest BCUT2D eigenvalue weighted by Crippen LogP contribution is 2.38. The van der Waals surface area contributed by atoms with Crippen molar-refractivity contribution in [1.29, 1.82) is 0 Å². The van der Waals surface area contributed by atoms with Gasteiger partial charge in [-0.15, -0.1) is 4.68 Å². The Balaban J connectivity index is 1.80. The van der Waals surface area contributed by atoms with Gasteiger partial charge in [-0.05, 0) is 33.1 Å². The van der Waals surface area contributed by atoms with E-state index in [-0.39, 0.29) is 0 Å². The van der Waals surface area contributed by atoms with Crippen LogP contribution in [0.1, 0.15) is 11.3 Å². The number of tetrazole rings is 2. The van der Waals surface area contributed by atoms with Crippen LogP contribution in [0.3, 0.4) is 0 Å². The fraction of sp³-hybridized carbons (Fsp3) is 0.148. The second-order valence-corrected chi connectivity index (χ2v) is 8.91. The molecule has 0 fully saturated rings. The van der Waals surface area contributed by atoms with E-state index >= 15 is 0 Å². The molecule has 37 heavy (non-hydrogen) atoms. The number of benzene rings is 3. The molecule has 0 radical (unpaired) electrons. The predicted molar refractivity (Wildman–Crippen MR) is 138 cm³/mol. The largest absolute Gasteiger partial charge is 0.497 e. The third-order valence-corrected chi connectivity index (χ3v) is 6.96. The topological polar surface area (TPSA) is 87.6 Å². The fourth-order valence-corrected chi connectivity index (χ4v) is 5.37. The van der Waals surface area contributed by atoms with Gasteiger partial charge in [0.05, 0.1) is 37.9 Å². The lowest BCUT2D eigenvalue weighted by Crippen LogP contribution is -2.30. The molecule has 10 nitrogen and oxygen atoms in total. The second-order valence-electron chi connectivity index (χ2n) is 8.91. The summed E-state index contributed by atoms with van der Waals surface area (Å²) in [5.74, 6) is 1.37. The average Bonchev–Trinajstić information content (AvgIpc) is 3.67. The van der Waals surface area contributed by atoms with Gasteiger partial charge in [0.1, 0.15) is 16.7 Å². The van der Waals surface area contributed by atoms with Crippen molar-refractivity contribution in [2.75, 3.05) is 14.2 Å². The van der Waals surface area contributed by atoms with E-state index < -0.39 is 0 Å². The molecular formula is C27H23N8O2+. The van der Waals surface area contributed by atoms with Crippen LogP contribution in [-0.4, -0.2) is 48.8 Å². The Kier molecular flexibility index (Phi) is 4.47. The first kappa shape index (κ1) is 21.3. The summed E-state index contributed by atoms with van der Waals surface area (Å²) in [5.41, 5.74) is 4.44. The highest BCUT2D eigenvalue weighted by Gasteiger charge is 2.29. The molecule has 4 heterocycles. The number of hydrogen-bond donors (Lipinski definition) is 0. The smallest absolute Gasteiger partial charge is 0.295 e. The minimum absolute atomic E-state index is 0.667. The first-order valence-corrected chi connectivity index (χ1v) is 11.8. The van der Waals surface area contributed by atoms with Gasteiger partial charge in [0.2, 0.25) is 0 Å². The minimum Gasteiger partial charge on any atom is -0.497 e. The Hall–Kier alpha value is -4.99. The molecule has 0 aliphatic heterocycles.